The summed E-state index contributed by atoms with van der Waals surface area (Å²) in [5.74, 6) is 1.39. The summed E-state index contributed by atoms with van der Waals surface area (Å²) in [5, 5.41) is 2.82. The molecule has 0 aliphatic carbocycles. The van der Waals surface area contributed by atoms with Gasteiger partial charge < -0.3 is 14.8 Å². The Kier molecular flexibility index (Phi) is 6.03. The summed E-state index contributed by atoms with van der Waals surface area (Å²) in [7, 11) is 0. The minimum absolute atomic E-state index is 0.150. The Balaban J connectivity index is 1.75. The third kappa shape index (κ3) is 5.02. The molecule has 2 aromatic rings. The lowest BCUT2D eigenvalue weighted by Gasteiger charge is -2.17. The van der Waals surface area contributed by atoms with Crippen molar-refractivity contribution in [3.8, 4) is 11.5 Å². The molecule has 0 radical (unpaired) electrons. The van der Waals surface area contributed by atoms with Gasteiger partial charge in [0.05, 0.1) is 6.54 Å². The number of aryl methyl sites for hydroxylation is 1. The molecule has 0 aromatic heterocycles. The van der Waals surface area contributed by atoms with Gasteiger partial charge >= 0.3 is 0 Å². The highest BCUT2D eigenvalue weighted by atomic mass is 16.5. The molecular formula is C19H23NO3. The third-order valence-electron chi connectivity index (χ3n) is 3.64. The first-order chi connectivity index (χ1) is 11.1. The Morgan fingerprint density at radius 3 is 2.57 bits per heavy atom. The van der Waals surface area contributed by atoms with Crippen molar-refractivity contribution in [2.45, 2.75) is 26.9 Å². The standard InChI is InChI=1S/C19H23NO3/c1-14-8-7-11-18(15(14)2)23-16(3)19(21)20-12-13-22-17-9-5-4-6-10-17/h4-11,16H,12-13H2,1-3H3,(H,20,21). The van der Waals surface area contributed by atoms with E-state index in [0.29, 0.717) is 13.2 Å². The molecule has 1 amide bonds. The van der Waals surface area contributed by atoms with E-state index in [0.717, 1.165) is 22.6 Å². The van der Waals surface area contributed by atoms with Crippen molar-refractivity contribution in [1.82, 2.24) is 5.32 Å². The summed E-state index contributed by atoms with van der Waals surface area (Å²) in [6, 6.07) is 15.3. The van der Waals surface area contributed by atoms with Crippen molar-refractivity contribution in [3.05, 3.63) is 59.7 Å². The van der Waals surface area contributed by atoms with Gasteiger partial charge in [-0.1, -0.05) is 30.3 Å². The number of benzene rings is 2. The molecule has 1 N–H and O–H groups in total. The number of rotatable bonds is 7. The zero-order valence-corrected chi connectivity index (χ0v) is 13.8. The lowest BCUT2D eigenvalue weighted by molar-refractivity contribution is -0.127. The van der Waals surface area contributed by atoms with Crippen LogP contribution in [0.4, 0.5) is 0 Å². The topological polar surface area (TPSA) is 47.6 Å². The van der Waals surface area contributed by atoms with Gasteiger partial charge in [0.2, 0.25) is 0 Å². The molecule has 23 heavy (non-hydrogen) atoms. The van der Waals surface area contributed by atoms with Gasteiger partial charge in [-0.15, -0.1) is 0 Å². The molecular weight excluding hydrogens is 290 g/mol. The molecule has 0 aliphatic heterocycles. The summed E-state index contributed by atoms with van der Waals surface area (Å²) in [6.07, 6.45) is -0.549. The summed E-state index contributed by atoms with van der Waals surface area (Å²) in [4.78, 5) is 12.1. The van der Waals surface area contributed by atoms with Crippen LogP contribution in [-0.4, -0.2) is 25.2 Å². The van der Waals surface area contributed by atoms with Gasteiger partial charge in [0.25, 0.3) is 5.91 Å². The summed E-state index contributed by atoms with van der Waals surface area (Å²) in [6.45, 7) is 6.62. The van der Waals surface area contributed by atoms with E-state index in [1.54, 1.807) is 6.92 Å². The molecule has 1 atom stereocenters. The molecule has 0 saturated carbocycles. The van der Waals surface area contributed by atoms with E-state index in [9.17, 15) is 4.79 Å². The summed E-state index contributed by atoms with van der Waals surface area (Å²) >= 11 is 0. The predicted molar refractivity (Wildman–Crippen MR) is 91.0 cm³/mol. The summed E-state index contributed by atoms with van der Waals surface area (Å²) < 4.78 is 11.3. The Morgan fingerprint density at radius 2 is 1.83 bits per heavy atom. The van der Waals surface area contributed by atoms with E-state index < -0.39 is 6.10 Å². The van der Waals surface area contributed by atoms with E-state index in [4.69, 9.17) is 9.47 Å². The fourth-order valence-corrected chi connectivity index (χ4v) is 2.10. The first-order valence-electron chi connectivity index (χ1n) is 7.76. The highest BCUT2D eigenvalue weighted by molar-refractivity contribution is 5.80. The molecule has 2 rings (SSSR count). The maximum Gasteiger partial charge on any atom is 0.260 e. The molecule has 0 bridgehead atoms. The zero-order valence-electron chi connectivity index (χ0n) is 13.8. The van der Waals surface area contributed by atoms with Crippen LogP contribution in [0.5, 0.6) is 11.5 Å². The highest BCUT2D eigenvalue weighted by Crippen LogP contribution is 2.21. The zero-order chi connectivity index (χ0) is 16.7. The van der Waals surface area contributed by atoms with Crippen molar-refractivity contribution < 1.29 is 14.3 Å². The number of amides is 1. The average Bonchev–Trinajstić information content (AvgIpc) is 2.56. The smallest absolute Gasteiger partial charge is 0.260 e. The van der Waals surface area contributed by atoms with Crippen LogP contribution < -0.4 is 14.8 Å². The van der Waals surface area contributed by atoms with Crippen molar-refractivity contribution in [2.75, 3.05) is 13.2 Å². The van der Waals surface area contributed by atoms with Gasteiger partial charge in [0.15, 0.2) is 6.10 Å². The van der Waals surface area contributed by atoms with Crippen molar-refractivity contribution in [1.29, 1.82) is 0 Å². The molecule has 0 heterocycles. The summed E-state index contributed by atoms with van der Waals surface area (Å²) in [5.41, 5.74) is 2.20. The van der Waals surface area contributed by atoms with Gasteiger partial charge in [0, 0.05) is 0 Å². The molecule has 0 aliphatic rings. The van der Waals surface area contributed by atoms with Crippen LogP contribution >= 0.6 is 0 Å². The van der Waals surface area contributed by atoms with Crippen LogP contribution in [0.2, 0.25) is 0 Å². The van der Waals surface area contributed by atoms with E-state index >= 15 is 0 Å². The van der Waals surface area contributed by atoms with Crippen molar-refractivity contribution in [2.24, 2.45) is 0 Å². The van der Waals surface area contributed by atoms with Crippen LogP contribution in [0.3, 0.4) is 0 Å². The molecule has 1 unspecified atom stereocenters. The predicted octanol–water partition coefficient (Wildman–Crippen LogP) is 3.27. The first-order valence-corrected chi connectivity index (χ1v) is 7.76. The first kappa shape index (κ1) is 16.9. The Labute approximate surface area is 137 Å². The van der Waals surface area contributed by atoms with E-state index in [1.807, 2.05) is 62.4 Å². The number of nitrogens with one attached hydrogen (secondary N) is 1. The maximum absolute atomic E-state index is 12.1. The highest BCUT2D eigenvalue weighted by Gasteiger charge is 2.15. The normalized spacial score (nSPS) is 11.6. The minimum atomic E-state index is -0.549. The number of carbonyl (C=O) groups is 1. The Hall–Kier alpha value is -2.49. The monoisotopic (exact) mass is 313 g/mol. The maximum atomic E-state index is 12.1. The Bertz CT molecular complexity index is 640. The largest absolute Gasteiger partial charge is 0.492 e. The van der Waals surface area contributed by atoms with Crippen molar-refractivity contribution >= 4 is 5.91 Å². The lowest BCUT2D eigenvalue weighted by Crippen LogP contribution is -2.38. The van der Waals surface area contributed by atoms with Gasteiger partial charge in [0.1, 0.15) is 18.1 Å². The molecule has 0 spiro atoms. The van der Waals surface area contributed by atoms with Gasteiger partial charge in [-0.05, 0) is 50.1 Å². The lowest BCUT2D eigenvalue weighted by atomic mass is 10.1. The molecule has 4 heteroatoms. The number of hydrogen-bond donors (Lipinski definition) is 1. The molecule has 4 nitrogen and oxygen atoms in total. The number of ether oxygens (including phenoxy) is 2. The fourth-order valence-electron chi connectivity index (χ4n) is 2.10. The average molecular weight is 313 g/mol. The minimum Gasteiger partial charge on any atom is -0.492 e. The SMILES string of the molecule is Cc1cccc(OC(C)C(=O)NCCOc2ccccc2)c1C. The molecule has 2 aromatic carbocycles. The number of para-hydroxylation sites is 1. The second-order valence-electron chi connectivity index (χ2n) is 5.41. The Morgan fingerprint density at radius 1 is 1.09 bits per heavy atom. The quantitative estimate of drug-likeness (QED) is 0.798. The van der Waals surface area contributed by atoms with Crippen LogP contribution in [0.15, 0.2) is 48.5 Å². The van der Waals surface area contributed by atoms with Crippen LogP contribution in [-0.2, 0) is 4.79 Å². The molecule has 0 fully saturated rings. The van der Waals surface area contributed by atoms with Gasteiger partial charge in [-0.2, -0.15) is 0 Å². The molecule has 122 valence electrons. The fraction of sp³-hybridized carbons (Fsp3) is 0.316. The number of hydrogen-bond acceptors (Lipinski definition) is 3. The van der Waals surface area contributed by atoms with Crippen molar-refractivity contribution in [3.63, 3.8) is 0 Å². The van der Waals surface area contributed by atoms with E-state index in [-0.39, 0.29) is 5.91 Å². The second kappa shape index (κ2) is 8.22. The number of carbonyl (C=O) groups excluding carboxylic acids is 1. The van der Waals surface area contributed by atoms with E-state index in [2.05, 4.69) is 5.32 Å². The second-order valence-corrected chi connectivity index (χ2v) is 5.41. The van der Waals surface area contributed by atoms with Crippen LogP contribution in [0, 0.1) is 13.8 Å². The van der Waals surface area contributed by atoms with Gasteiger partial charge in [-0.25, -0.2) is 0 Å². The van der Waals surface area contributed by atoms with Crippen LogP contribution in [0.25, 0.3) is 0 Å². The molecule has 0 saturated heterocycles. The van der Waals surface area contributed by atoms with Crippen LogP contribution in [0.1, 0.15) is 18.1 Å². The third-order valence-corrected chi connectivity index (χ3v) is 3.64. The van der Waals surface area contributed by atoms with E-state index in [1.165, 1.54) is 0 Å². The van der Waals surface area contributed by atoms with Gasteiger partial charge in [-0.3, -0.25) is 4.79 Å².